The fourth-order valence-electron chi connectivity index (χ4n) is 2.73. The van der Waals surface area contributed by atoms with Crippen molar-refractivity contribution in [3.8, 4) is 11.5 Å². The Hall–Kier alpha value is -2.25. The summed E-state index contributed by atoms with van der Waals surface area (Å²) in [6.07, 6.45) is 2.17. The largest absolute Gasteiger partial charge is 0.490 e. The lowest BCUT2D eigenvalue weighted by Crippen LogP contribution is -2.26. The Balaban J connectivity index is 1.97. The molecule has 30 heavy (non-hydrogen) atoms. The van der Waals surface area contributed by atoms with E-state index in [2.05, 4.69) is 12.2 Å². The van der Waals surface area contributed by atoms with Crippen molar-refractivity contribution >= 4 is 27.3 Å². The summed E-state index contributed by atoms with van der Waals surface area (Å²) in [6, 6.07) is 11.4. The van der Waals surface area contributed by atoms with Gasteiger partial charge < -0.3 is 14.8 Å². The first kappa shape index (κ1) is 24.0. The Morgan fingerprint density at radius 3 is 2.47 bits per heavy atom. The SMILES string of the molecule is CCCCOc1c(Cl)cc(C(=O)NCCCS(=O)(=O)c2ccccc2)cc1OCC. The highest BCUT2D eigenvalue weighted by atomic mass is 35.5. The van der Waals surface area contributed by atoms with Crippen molar-refractivity contribution in [3.63, 3.8) is 0 Å². The first-order valence-corrected chi connectivity index (χ1v) is 12.1. The molecule has 0 saturated carbocycles. The summed E-state index contributed by atoms with van der Waals surface area (Å²) in [6.45, 7) is 5.04. The van der Waals surface area contributed by atoms with Gasteiger partial charge in [0.25, 0.3) is 5.91 Å². The van der Waals surface area contributed by atoms with E-state index in [4.69, 9.17) is 21.1 Å². The third kappa shape index (κ3) is 6.92. The molecule has 0 aromatic heterocycles. The minimum absolute atomic E-state index is 0.0492. The van der Waals surface area contributed by atoms with Gasteiger partial charge in [-0.2, -0.15) is 0 Å². The third-order valence-corrected chi connectivity index (χ3v) is 6.39. The predicted octanol–water partition coefficient (Wildman–Crippen LogP) is 4.51. The lowest BCUT2D eigenvalue weighted by atomic mass is 10.2. The first-order valence-electron chi connectivity index (χ1n) is 10.0. The summed E-state index contributed by atoms with van der Waals surface area (Å²) in [7, 11) is -3.37. The van der Waals surface area contributed by atoms with Gasteiger partial charge in [-0.3, -0.25) is 4.79 Å². The van der Waals surface area contributed by atoms with Crippen LogP contribution in [0.25, 0.3) is 0 Å². The van der Waals surface area contributed by atoms with Crippen molar-refractivity contribution in [2.75, 3.05) is 25.5 Å². The zero-order chi connectivity index (χ0) is 22.0. The van der Waals surface area contributed by atoms with E-state index in [9.17, 15) is 13.2 Å². The second kappa shape index (κ2) is 11.8. The summed E-state index contributed by atoms with van der Waals surface area (Å²) >= 11 is 6.32. The van der Waals surface area contributed by atoms with E-state index in [1.165, 1.54) is 6.07 Å². The molecule has 0 aliphatic rings. The average molecular weight is 454 g/mol. The highest BCUT2D eigenvalue weighted by Gasteiger charge is 2.17. The van der Waals surface area contributed by atoms with Gasteiger partial charge in [0.2, 0.25) is 0 Å². The van der Waals surface area contributed by atoms with Gasteiger partial charge in [0, 0.05) is 12.1 Å². The maximum Gasteiger partial charge on any atom is 0.251 e. The molecule has 0 radical (unpaired) electrons. The Morgan fingerprint density at radius 2 is 1.80 bits per heavy atom. The lowest BCUT2D eigenvalue weighted by Gasteiger charge is -2.15. The van der Waals surface area contributed by atoms with Crippen LogP contribution < -0.4 is 14.8 Å². The maximum absolute atomic E-state index is 12.5. The standard InChI is InChI=1S/C22H28ClNO5S/c1-3-5-13-29-21-19(23)15-17(16-20(21)28-4-2)22(25)24-12-9-14-30(26,27)18-10-7-6-8-11-18/h6-8,10-11,15-16H,3-5,9,12-14H2,1-2H3,(H,24,25). The van der Waals surface area contributed by atoms with E-state index in [-0.39, 0.29) is 23.1 Å². The van der Waals surface area contributed by atoms with Gasteiger partial charge in [-0.1, -0.05) is 43.1 Å². The lowest BCUT2D eigenvalue weighted by molar-refractivity contribution is 0.0953. The monoisotopic (exact) mass is 453 g/mol. The quantitative estimate of drug-likeness (QED) is 0.478. The summed E-state index contributed by atoms with van der Waals surface area (Å²) in [4.78, 5) is 12.8. The number of rotatable bonds is 12. The van der Waals surface area contributed by atoms with Crippen molar-refractivity contribution in [2.45, 2.75) is 38.0 Å². The summed E-state index contributed by atoms with van der Waals surface area (Å²) in [5.41, 5.74) is 0.331. The number of hydrogen-bond donors (Lipinski definition) is 1. The van der Waals surface area contributed by atoms with Crippen molar-refractivity contribution < 1.29 is 22.7 Å². The number of amides is 1. The molecule has 1 N–H and O–H groups in total. The van der Waals surface area contributed by atoms with Gasteiger partial charge in [-0.05, 0) is 44.0 Å². The van der Waals surface area contributed by atoms with E-state index in [0.29, 0.717) is 41.7 Å². The average Bonchev–Trinajstić information content (AvgIpc) is 2.73. The second-order valence-corrected chi connectivity index (χ2v) is 9.18. The van der Waals surface area contributed by atoms with Crippen molar-refractivity contribution in [1.29, 1.82) is 0 Å². The molecule has 0 aliphatic carbocycles. The summed E-state index contributed by atoms with van der Waals surface area (Å²) in [5.74, 6) is 0.442. The van der Waals surface area contributed by atoms with Crippen LogP contribution in [0, 0.1) is 0 Å². The zero-order valence-corrected chi connectivity index (χ0v) is 18.9. The number of hydrogen-bond acceptors (Lipinski definition) is 5. The van der Waals surface area contributed by atoms with Crippen LogP contribution in [-0.2, 0) is 9.84 Å². The van der Waals surface area contributed by atoms with Gasteiger partial charge in [0.05, 0.1) is 28.9 Å². The molecular formula is C22H28ClNO5S. The highest BCUT2D eigenvalue weighted by Crippen LogP contribution is 2.36. The molecule has 6 nitrogen and oxygen atoms in total. The molecule has 1 amide bonds. The molecule has 0 saturated heterocycles. The van der Waals surface area contributed by atoms with Gasteiger partial charge in [-0.25, -0.2) is 8.42 Å². The van der Waals surface area contributed by atoms with Crippen LogP contribution in [-0.4, -0.2) is 39.8 Å². The molecule has 2 aromatic carbocycles. The first-order chi connectivity index (χ1) is 14.4. The highest BCUT2D eigenvalue weighted by molar-refractivity contribution is 7.91. The van der Waals surface area contributed by atoms with Crippen molar-refractivity contribution in [2.24, 2.45) is 0 Å². The van der Waals surface area contributed by atoms with E-state index in [0.717, 1.165) is 12.8 Å². The van der Waals surface area contributed by atoms with Crippen LogP contribution in [0.5, 0.6) is 11.5 Å². The minimum atomic E-state index is -3.37. The molecule has 0 heterocycles. The number of unbranched alkanes of at least 4 members (excludes halogenated alkanes) is 1. The second-order valence-electron chi connectivity index (χ2n) is 6.66. The minimum Gasteiger partial charge on any atom is -0.490 e. The van der Waals surface area contributed by atoms with Crippen LogP contribution >= 0.6 is 11.6 Å². The van der Waals surface area contributed by atoms with Gasteiger partial charge in [0.15, 0.2) is 21.3 Å². The van der Waals surface area contributed by atoms with Crippen LogP contribution in [0.4, 0.5) is 0 Å². The topological polar surface area (TPSA) is 81.7 Å². The predicted molar refractivity (Wildman–Crippen MR) is 118 cm³/mol. The van der Waals surface area contributed by atoms with Gasteiger partial charge in [0.1, 0.15) is 0 Å². The van der Waals surface area contributed by atoms with Crippen LogP contribution in [0.2, 0.25) is 5.02 Å². The van der Waals surface area contributed by atoms with E-state index in [1.54, 1.807) is 36.4 Å². The molecule has 2 aromatic rings. The van der Waals surface area contributed by atoms with E-state index in [1.807, 2.05) is 6.92 Å². The maximum atomic E-state index is 12.5. The Kier molecular flexibility index (Phi) is 9.46. The summed E-state index contributed by atoms with van der Waals surface area (Å²) in [5, 5.41) is 3.03. The normalized spacial score (nSPS) is 11.2. The molecule has 0 atom stereocenters. The van der Waals surface area contributed by atoms with E-state index >= 15 is 0 Å². The molecule has 0 unspecified atom stereocenters. The molecule has 0 fully saturated rings. The van der Waals surface area contributed by atoms with Crippen LogP contribution in [0.1, 0.15) is 43.5 Å². The fourth-order valence-corrected chi connectivity index (χ4v) is 4.33. The Labute approximate surface area is 183 Å². The number of benzene rings is 2. The Bertz CT molecular complexity index is 932. The Morgan fingerprint density at radius 1 is 1.07 bits per heavy atom. The number of sulfone groups is 1. The van der Waals surface area contributed by atoms with Gasteiger partial charge >= 0.3 is 0 Å². The van der Waals surface area contributed by atoms with Crippen molar-refractivity contribution in [1.82, 2.24) is 5.32 Å². The number of halogens is 1. The molecule has 2 rings (SSSR count). The number of ether oxygens (including phenoxy) is 2. The molecular weight excluding hydrogens is 426 g/mol. The fraction of sp³-hybridized carbons (Fsp3) is 0.409. The molecule has 164 valence electrons. The van der Waals surface area contributed by atoms with Crippen LogP contribution in [0.15, 0.2) is 47.4 Å². The molecule has 0 bridgehead atoms. The number of carbonyl (C=O) groups excluding carboxylic acids is 1. The molecule has 0 aliphatic heterocycles. The van der Waals surface area contributed by atoms with Crippen molar-refractivity contribution in [3.05, 3.63) is 53.1 Å². The van der Waals surface area contributed by atoms with Crippen LogP contribution in [0.3, 0.4) is 0 Å². The third-order valence-electron chi connectivity index (χ3n) is 4.29. The van der Waals surface area contributed by atoms with Gasteiger partial charge in [-0.15, -0.1) is 0 Å². The molecule has 0 spiro atoms. The smallest absolute Gasteiger partial charge is 0.251 e. The van der Waals surface area contributed by atoms with E-state index < -0.39 is 9.84 Å². The summed E-state index contributed by atoms with van der Waals surface area (Å²) < 4.78 is 35.9. The molecule has 8 heteroatoms. The number of carbonyl (C=O) groups is 1. The zero-order valence-electron chi connectivity index (χ0n) is 17.3. The number of nitrogens with one attached hydrogen (secondary N) is 1.